The minimum atomic E-state index is 0.563. The van der Waals surface area contributed by atoms with Crippen LogP contribution in [-0.2, 0) is 0 Å². The van der Waals surface area contributed by atoms with E-state index < -0.39 is 0 Å². The molecule has 1 aliphatic rings. The summed E-state index contributed by atoms with van der Waals surface area (Å²) in [7, 11) is 3.82. The molecule has 4 aromatic rings. The average Bonchev–Trinajstić information content (AvgIpc) is 3.28. The molecular formula is C24H26N4O3. The first-order valence-corrected chi connectivity index (χ1v) is 10.6. The Bertz CT molecular complexity index is 1200. The molecule has 0 amide bonds. The number of anilines is 2. The maximum absolute atomic E-state index is 6.18. The van der Waals surface area contributed by atoms with Crippen LogP contribution in [0.15, 0.2) is 53.4 Å². The Balaban J connectivity index is 1.43. The van der Waals surface area contributed by atoms with Crippen LogP contribution in [0.5, 0.6) is 11.5 Å². The van der Waals surface area contributed by atoms with Crippen molar-refractivity contribution in [2.24, 2.45) is 5.92 Å². The number of benzene rings is 2. The van der Waals surface area contributed by atoms with E-state index in [9.17, 15) is 0 Å². The fourth-order valence-corrected chi connectivity index (χ4v) is 4.09. The number of likely N-dealkylation sites (tertiary alicyclic amines) is 1. The summed E-state index contributed by atoms with van der Waals surface area (Å²) in [4.78, 5) is 11.3. The molecule has 1 N–H and O–H groups in total. The molecule has 5 rings (SSSR count). The highest BCUT2D eigenvalue weighted by molar-refractivity contribution is 5.97. The number of nitrogens with one attached hydrogen (secondary N) is 1. The van der Waals surface area contributed by atoms with Crippen LogP contribution in [0.2, 0.25) is 0 Å². The summed E-state index contributed by atoms with van der Waals surface area (Å²) in [6.07, 6.45) is 5.55. The fourth-order valence-electron chi connectivity index (χ4n) is 4.09. The quantitative estimate of drug-likeness (QED) is 0.480. The molecule has 31 heavy (non-hydrogen) atoms. The maximum atomic E-state index is 6.18. The van der Waals surface area contributed by atoms with Gasteiger partial charge in [0.15, 0.2) is 17.1 Å². The van der Waals surface area contributed by atoms with Gasteiger partial charge < -0.3 is 24.1 Å². The first-order chi connectivity index (χ1) is 15.2. The third-order valence-corrected chi connectivity index (χ3v) is 5.97. The molecule has 0 bridgehead atoms. The van der Waals surface area contributed by atoms with Crippen molar-refractivity contribution in [3.8, 4) is 11.5 Å². The Labute approximate surface area is 181 Å². The topological polar surface area (TPSA) is 72.6 Å². The van der Waals surface area contributed by atoms with Gasteiger partial charge in [-0.1, -0.05) is 12.1 Å². The Morgan fingerprint density at radius 2 is 2.00 bits per heavy atom. The highest BCUT2D eigenvalue weighted by Crippen LogP contribution is 2.36. The summed E-state index contributed by atoms with van der Waals surface area (Å²) in [6.45, 7) is 2.92. The van der Waals surface area contributed by atoms with Gasteiger partial charge in [-0.25, -0.2) is 9.97 Å². The van der Waals surface area contributed by atoms with Gasteiger partial charge in [0.1, 0.15) is 12.1 Å². The number of aromatic nitrogens is 2. The highest BCUT2D eigenvalue weighted by atomic mass is 16.5. The number of para-hydroxylation sites is 1. The van der Waals surface area contributed by atoms with E-state index in [0.717, 1.165) is 53.5 Å². The molecule has 1 fully saturated rings. The molecule has 0 radical (unpaired) electrons. The van der Waals surface area contributed by atoms with Gasteiger partial charge in [0.2, 0.25) is 0 Å². The van der Waals surface area contributed by atoms with Crippen LogP contribution in [0.1, 0.15) is 12.8 Å². The summed E-state index contributed by atoms with van der Waals surface area (Å²) in [5, 5.41) is 5.28. The second-order valence-electron chi connectivity index (χ2n) is 8.07. The second kappa shape index (κ2) is 8.43. The Hall–Kier alpha value is -3.32. The normalized spacial score (nSPS) is 15.4. The van der Waals surface area contributed by atoms with E-state index in [4.69, 9.17) is 13.9 Å². The van der Waals surface area contributed by atoms with E-state index in [0.29, 0.717) is 29.8 Å². The Morgan fingerprint density at radius 3 is 2.84 bits per heavy atom. The lowest BCUT2D eigenvalue weighted by Crippen LogP contribution is -2.32. The molecule has 3 heterocycles. The summed E-state index contributed by atoms with van der Waals surface area (Å²) in [5.74, 6) is 2.64. The number of hydrogen-bond donors (Lipinski definition) is 1. The zero-order valence-electron chi connectivity index (χ0n) is 17.8. The Morgan fingerprint density at radius 1 is 1.13 bits per heavy atom. The van der Waals surface area contributed by atoms with Crippen LogP contribution in [0.25, 0.3) is 21.9 Å². The van der Waals surface area contributed by atoms with Crippen LogP contribution in [-0.4, -0.2) is 48.7 Å². The minimum Gasteiger partial charge on any atom is -0.493 e. The monoisotopic (exact) mass is 418 g/mol. The van der Waals surface area contributed by atoms with Crippen LogP contribution >= 0.6 is 0 Å². The van der Waals surface area contributed by atoms with E-state index in [1.165, 1.54) is 0 Å². The largest absolute Gasteiger partial charge is 0.493 e. The van der Waals surface area contributed by atoms with Crippen molar-refractivity contribution in [2.45, 2.75) is 12.8 Å². The molecule has 0 atom stereocenters. The van der Waals surface area contributed by atoms with Crippen molar-refractivity contribution in [3.63, 3.8) is 0 Å². The first-order valence-electron chi connectivity index (χ1n) is 10.6. The standard InChI is InChI=1S/C24H26N4O3/c1-28-9-6-16(7-10-28)14-31-22-13-20-18(12-21(22)29-2)24(26-15-25-20)27-19-5-3-4-17-8-11-30-23(17)19/h3-5,8,11-13,15-16H,6-7,9-10,14H2,1-2H3,(H,25,26,27). The van der Waals surface area contributed by atoms with Gasteiger partial charge in [-0.2, -0.15) is 0 Å². The summed E-state index contributed by atoms with van der Waals surface area (Å²) >= 11 is 0. The van der Waals surface area contributed by atoms with Crippen molar-refractivity contribution in [2.75, 3.05) is 39.2 Å². The third-order valence-electron chi connectivity index (χ3n) is 5.97. The van der Waals surface area contributed by atoms with Crippen LogP contribution < -0.4 is 14.8 Å². The molecule has 7 nitrogen and oxygen atoms in total. The summed E-state index contributed by atoms with van der Waals surface area (Å²) in [5.41, 5.74) is 2.44. The number of methoxy groups -OCH3 is 1. The van der Waals surface area contributed by atoms with Gasteiger partial charge in [-0.05, 0) is 57.1 Å². The second-order valence-corrected chi connectivity index (χ2v) is 8.07. The highest BCUT2D eigenvalue weighted by Gasteiger charge is 2.19. The molecule has 1 saturated heterocycles. The van der Waals surface area contributed by atoms with Gasteiger partial charge in [0.05, 0.1) is 31.2 Å². The van der Waals surface area contributed by atoms with Crippen molar-refractivity contribution in [1.29, 1.82) is 0 Å². The average molecular weight is 418 g/mol. The van der Waals surface area contributed by atoms with Crippen molar-refractivity contribution >= 4 is 33.4 Å². The van der Waals surface area contributed by atoms with E-state index in [1.807, 2.05) is 36.4 Å². The molecule has 0 aliphatic carbocycles. The van der Waals surface area contributed by atoms with E-state index in [1.54, 1.807) is 19.7 Å². The van der Waals surface area contributed by atoms with Crippen LogP contribution in [0.3, 0.4) is 0 Å². The number of furan rings is 1. The zero-order chi connectivity index (χ0) is 21.2. The van der Waals surface area contributed by atoms with E-state index in [-0.39, 0.29) is 0 Å². The summed E-state index contributed by atoms with van der Waals surface area (Å²) in [6, 6.07) is 11.8. The number of rotatable bonds is 6. The van der Waals surface area contributed by atoms with E-state index >= 15 is 0 Å². The minimum absolute atomic E-state index is 0.563. The number of ether oxygens (including phenoxy) is 2. The zero-order valence-corrected chi connectivity index (χ0v) is 17.8. The fraction of sp³-hybridized carbons (Fsp3) is 0.333. The van der Waals surface area contributed by atoms with Crippen LogP contribution in [0, 0.1) is 5.92 Å². The predicted octanol–water partition coefficient (Wildman–Crippen LogP) is 4.85. The van der Waals surface area contributed by atoms with Crippen LogP contribution in [0.4, 0.5) is 11.5 Å². The van der Waals surface area contributed by atoms with Crippen molar-refractivity contribution < 1.29 is 13.9 Å². The molecule has 2 aromatic carbocycles. The third kappa shape index (κ3) is 4.01. The number of piperidine rings is 1. The molecule has 0 unspecified atom stereocenters. The van der Waals surface area contributed by atoms with Gasteiger partial charge in [0.25, 0.3) is 0 Å². The van der Waals surface area contributed by atoms with Gasteiger partial charge >= 0.3 is 0 Å². The van der Waals surface area contributed by atoms with Crippen molar-refractivity contribution in [3.05, 3.63) is 49.0 Å². The number of hydrogen-bond acceptors (Lipinski definition) is 7. The van der Waals surface area contributed by atoms with Crippen molar-refractivity contribution in [1.82, 2.24) is 14.9 Å². The van der Waals surface area contributed by atoms with Gasteiger partial charge in [-0.15, -0.1) is 0 Å². The Kier molecular flexibility index (Phi) is 5.34. The molecule has 2 aromatic heterocycles. The molecular weight excluding hydrogens is 392 g/mol. The molecule has 0 saturated carbocycles. The van der Waals surface area contributed by atoms with Gasteiger partial charge in [0, 0.05) is 16.8 Å². The molecule has 160 valence electrons. The summed E-state index contributed by atoms with van der Waals surface area (Å²) < 4.78 is 17.5. The SMILES string of the molecule is COc1cc2c(Nc3cccc4ccoc34)ncnc2cc1OCC1CCN(C)CC1. The lowest BCUT2D eigenvalue weighted by molar-refractivity contribution is 0.157. The number of nitrogens with zero attached hydrogens (tertiary/aromatic N) is 3. The number of fused-ring (bicyclic) bond motifs is 2. The molecule has 1 aliphatic heterocycles. The molecule has 0 spiro atoms. The van der Waals surface area contributed by atoms with E-state index in [2.05, 4.69) is 27.2 Å². The predicted molar refractivity (Wildman–Crippen MR) is 121 cm³/mol. The first kappa shape index (κ1) is 19.6. The van der Waals surface area contributed by atoms with Gasteiger partial charge in [-0.3, -0.25) is 0 Å². The lowest BCUT2D eigenvalue weighted by atomic mass is 9.98. The smallest absolute Gasteiger partial charge is 0.163 e. The lowest BCUT2D eigenvalue weighted by Gasteiger charge is -2.28. The molecule has 7 heteroatoms. The maximum Gasteiger partial charge on any atom is 0.163 e.